The predicted octanol–water partition coefficient (Wildman–Crippen LogP) is 1.30. The predicted molar refractivity (Wildman–Crippen MR) is 52.0 cm³/mol. The first kappa shape index (κ1) is 10.3. The number of nitrogens with one attached hydrogen (secondary N) is 1. The van der Waals surface area contributed by atoms with E-state index in [2.05, 4.69) is 5.32 Å². The van der Waals surface area contributed by atoms with Gasteiger partial charge in [-0.15, -0.1) is 0 Å². The van der Waals surface area contributed by atoms with Gasteiger partial charge in [-0.2, -0.15) is 0 Å². The maximum absolute atomic E-state index is 9.49. The standard InChI is InChI=1S/C9H12ClNO2/c1-11-8(5-12)7-3-2-6(10)4-9(7)13/h2-4,8,11-13H,5H2,1H3/t8-/m0/s1. The van der Waals surface area contributed by atoms with Crippen LogP contribution in [0.5, 0.6) is 5.75 Å². The molecule has 1 aromatic rings. The number of aliphatic hydroxyl groups excluding tert-OH is 1. The van der Waals surface area contributed by atoms with Crippen LogP contribution in [0.2, 0.25) is 5.02 Å². The minimum absolute atomic E-state index is 0.0638. The van der Waals surface area contributed by atoms with Gasteiger partial charge >= 0.3 is 0 Å². The summed E-state index contributed by atoms with van der Waals surface area (Å²) in [5, 5.41) is 21.8. The third kappa shape index (κ3) is 2.34. The molecule has 0 unspecified atom stereocenters. The summed E-state index contributed by atoms with van der Waals surface area (Å²) in [6.07, 6.45) is 0. The Bertz CT molecular complexity index is 287. The average molecular weight is 202 g/mol. The Labute approximate surface area is 82.0 Å². The van der Waals surface area contributed by atoms with Crippen LogP contribution in [0.15, 0.2) is 18.2 Å². The number of likely N-dealkylation sites (N-methyl/N-ethyl adjacent to an activating group) is 1. The monoisotopic (exact) mass is 201 g/mol. The lowest BCUT2D eigenvalue weighted by molar-refractivity contribution is 0.248. The molecule has 0 saturated heterocycles. The van der Waals surface area contributed by atoms with Crippen LogP contribution in [0, 0.1) is 0 Å². The molecule has 0 heterocycles. The summed E-state index contributed by atoms with van der Waals surface area (Å²) in [6, 6.07) is 4.57. The highest BCUT2D eigenvalue weighted by Crippen LogP contribution is 2.26. The molecule has 0 spiro atoms. The van der Waals surface area contributed by atoms with Gasteiger partial charge < -0.3 is 15.5 Å². The molecule has 1 rings (SSSR count). The van der Waals surface area contributed by atoms with Crippen molar-refractivity contribution in [2.45, 2.75) is 6.04 Å². The number of rotatable bonds is 3. The molecule has 0 fully saturated rings. The Balaban J connectivity index is 2.99. The zero-order valence-corrected chi connectivity index (χ0v) is 8.04. The van der Waals surface area contributed by atoms with Gasteiger partial charge in [-0.3, -0.25) is 0 Å². The van der Waals surface area contributed by atoms with Crippen molar-refractivity contribution in [3.05, 3.63) is 28.8 Å². The maximum atomic E-state index is 9.49. The van der Waals surface area contributed by atoms with E-state index in [1.165, 1.54) is 6.07 Å². The number of aliphatic hydroxyl groups is 1. The zero-order valence-electron chi connectivity index (χ0n) is 7.29. The van der Waals surface area contributed by atoms with Crippen LogP contribution < -0.4 is 5.32 Å². The summed E-state index contributed by atoms with van der Waals surface area (Å²) in [4.78, 5) is 0. The number of benzene rings is 1. The third-order valence-corrected chi connectivity index (χ3v) is 2.13. The highest BCUT2D eigenvalue weighted by Gasteiger charge is 2.11. The van der Waals surface area contributed by atoms with E-state index in [-0.39, 0.29) is 18.4 Å². The van der Waals surface area contributed by atoms with Crippen LogP contribution in [0.3, 0.4) is 0 Å². The second kappa shape index (κ2) is 4.46. The van der Waals surface area contributed by atoms with Crippen LogP contribution in [-0.2, 0) is 0 Å². The smallest absolute Gasteiger partial charge is 0.121 e. The van der Waals surface area contributed by atoms with Crippen molar-refractivity contribution >= 4 is 11.6 Å². The Morgan fingerprint density at radius 3 is 2.69 bits per heavy atom. The lowest BCUT2D eigenvalue weighted by Gasteiger charge is -2.14. The molecule has 72 valence electrons. The second-order valence-corrected chi connectivity index (χ2v) is 3.16. The molecule has 0 bridgehead atoms. The van der Waals surface area contributed by atoms with Gasteiger partial charge in [0.25, 0.3) is 0 Å². The summed E-state index contributed by atoms with van der Waals surface area (Å²) < 4.78 is 0. The molecule has 1 aromatic carbocycles. The summed E-state index contributed by atoms with van der Waals surface area (Å²) in [5.41, 5.74) is 0.648. The van der Waals surface area contributed by atoms with E-state index in [0.717, 1.165) is 0 Å². The molecule has 0 saturated carbocycles. The molecule has 0 aromatic heterocycles. The van der Waals surface area contributed by atoms with Crippen LogP contribution in [-0.4, -0.2) is 23.9 Å². The summed E-state index contributed by atoms with van der Waals surface area (Å²) in [6.45, 7) is -0.0638. The quantitative estimate of drug-likeness (QED) is 0.691. The molecule has 3 N–H and O–H groups in total. The third-order valence-electron chi connectivity index (χ3n) is 1.90. The van der Waals surface area contributed by atoms with E-state index in [1.807, 2.05) is 0 Å². The van der Waals surface area contributed by atoms with Crippen LogP contribution in [0.4, 0.5) is 0 Å². The minimum atomic E-state index is -0.253. The van der Waals surface area contributed by atoms with E-state index >= 15 is 0 Å². The number of hydrogen-bond acceptors (Lipinski definition) is 3. The number of phenolic OH excluding ortho intramolecular Hbond substituents is 1. The molecule has 1 atom stereocenters. The number of aromatic hydroxyl groups is 1. The number of halogens is 1. The lowest BCUT2D eigenvalue weighted by Crippen LogP contribution is -2.19. The van der Waals surface area contributed by atoms with Crippen LogP contribution >= 0.6 is 11.6 Å². The highest BCUT2D eigenvalue weighted by atomic mass is 35.5. The molecule has 0 aliphatic rings. The molecular formula is C9H12ClNO2. The van der Waals surface area contributed by atoms with Gasteiger partial charge in [0, 0.05) is 10.6 Å². The van der Waals surface area contributed by atoms with Gasteiger partial charge in [-0.05, 0) is 19.2 Å². The van der Waals surface area contributed by atoms with Gasteiger partial charge in [0.1, 0.15) is 5.75 Å². The molecule has 0 amide bonds. The molecule has 13 heavy (non-hydrogen) atoms. The molecular weight excluding hydrogens is 190 g/mol. The van der Waals surface area contributed by atoms with Crippen molar-refractivity contribution < 1.29 is 10.2 Å². The largest absolute Gasteiger partial charge is 0.508 e. The number of hydrogen-bond donors (Lipinski definition) is 3. The summed E-state index contributed by atoms with van der Waals surface area (Å²) >= 11 is 5.67. The fraction of sp³-hybridized carbons (Fsp3) is 0.333. The number of phenols is 1. The first-order chi connectivity index (χ1) is 6.19. The fourth-order valence-corrected chi connectivity index (χ4v) is 1.32. The average Bonchev–Trinajstić information content (AvgIpc) is 2.10. The van der Waals surface area contributed by atoms with Crippen LogP contribution in [0.1, 0.15) is 11.6 Å². The Morgan fingerprint density at radius 1 is 1.54 bits per heavy atom. The maximum Gasteiger partial charge on any atom is 0.121 e. The first-order valence-electron chi connectivity index (χ1n) is 3.95. The Kier molecular flexibility index (Phi) is 3.54. The van der Waals surface area contributed by atoms with E-state index in [4.69, 9.17) is 16.7 Å². The Hall–Kier alpha value is -0.770. The summed E-state index contributed by atoms with van der Waals surface area (Å²) in [7, 11) is 1.72. The van der Waals surface area contributed by atoms with Gasteiger partial charge in [0.15, 0.2) is 0 Å². The van der Waals surface area contributed by atoms with Crippen molar-refractivity contribution in [1.82, 2.24) is 5.32 Å². The molecule has 4 heteroatoms. The van der Waals surface area contributed by atoms with Crippen molar-refractivity contribution in [2.75, 3.05) is 13.7 Å². The fourth-order valence-electron chi connectivity index (χ4n) is 1.16. The normalized spacial score (nSPS) is 12.8. The van der Waals surface area contributed by atoms with Crippen molar-refractivity contribution in [3.8, 4) is 5.75 Å². The first-order valence-corrected chi connectivity index (χ1v) is 4.33. The second-order valence-electron chi connectivity index (χ2n) is 2.73. The molecule has 0 aliphatic carbocycles. The van der Waals surface area contributed by atoms with Gasteiger partial charge in [-0.1, -0.05) is 17.7 Å². The van der Waals surface area contributed by atoms with E-state index in [1.54, 1.807) is 19.2 Å². The van der Waals surface area contributed by atoms with E-state index in [9.17, 15) is 5.11 Å². The van der Waals surface area contributed by atoms with Gasteiger partial charge in [-0.25, -0.2) is 0 Å². The van der Waals surface area contributed by atoms with E-state index < -0.39 is 0 Å². The van der Waals surface area contributed by atoms with Crippen molar-refractivity contribution in [1.29, 1.82) is 0 Å². The molecule has 0 aliphatic heterocycles. The lowest BCUT2D eigenvalue weighted by atomic mass is 10.1. The van der Waals surface area contributed by atoms with E-state index in [0.29, 0.717) is 10.6 Å². The highest BCUT2D eigenvalue weighted by molar-refractivity contribution is 6.30. The molecule has 3 nitrogen and oxygen atoms in total. The van der Waals surface area contributed by atoms with Gasteiger partial charge in [0.05, 0.1) is 12.6 Å². The van der Waals surface area contributed by atoms with Crippen molar-refractivity contribution in [2.24, 2.45) is 0 Å². The zero-order chi connectivity index (χ0) is 9.84. The topological polar surface area (TPSA) is 52.5 Å². The Morgan fingerprint density at radius 2 is 2.23 bits per heavy atom. The van der Waals surface area contributed by atoms with Gasteiger partial charge in [0.2, 0.25) is 0 Å². The minimum Gasteiger partial charge on any atom is -0.508 e. The summed E-state index contributed by atoms with van der Waals surface area (Å²) in [5.74, 6) is 0.0981. The van der Waals surface area contributed by atoms with Crippen LogP contribution in [0.25, 0.3) is 0 Å². The SMILES string of the molecule is CN[C@@H](CO)c1ccc(Cl)cc1O. The molecule has 0 radical (unpaired) electrons. The van der Waals surface area contributed by atoms with Crippen molar-refractivity contribution in [3.63, 3.8) is 0 Å².